The monoisotopic (exact) mass is 394 g/mol. The minimum absolute atomic E-state index is 0.137. The van der Waals surface area contributed by atoms with Crippen molar-refractivity contribution in [1.82, 2.24) is 4.31 Å². The summed E-state index contributed by atoms with van der Waals surface area (Å²) in [7, 11) is -7.82. The molecule has 1 heterocycles. The zero-order chi connectivity index (χ0) is 19.0. The van der Waals surface area contributed by atoms with E-state index in [1.54, 1.807) is 0 Å². The van der Waals surface area contributed by atoms with Crippen molar-refractivity contribution in [3.8, 4) is 0 Å². The number of sulfonamides is 2. The molecule has 1 aromatic rings. The van der Waals surface area contributed by atoms with Crippen LogP contribution in [0.1, 0.15) is 19.8 Å². The summed E-state index contributed by atoms with van der Waals surface area (Å²) in [6.45, 7) is 1.64. The fourth-order valence-electron chi connectivity index (χ4n) is 2.86. The molecule has 0 saturated carbocycles. The Bertz CT molecular complexity index is 885. The highest BCUT2D eigenvalue weighted by molar-refractivity contribution is 7.92. The average molecular weight is 394 g/mol. The van der Waals surface area contributed by atoms with Crippen molar-refractivity contribution in [1.29, 1.82) is 0 Å². The largest absolute Gasteiger partial charge is 0.481 e. The molecule has 2 N–H and O–H groups in total. The van der Waals surface area contributed by atoms with Crippen LogP contribution in [0.15, 0.2) is 23.1 Å². The lowest BCUT2D eigenvalue weighted by molar-refractivity contribution is -0.144. The molecular formula is C14H19FN2O6S2. The molecule has 1 aliphatic rings. The van der Waals surface area contributed by atoms with E-state index in [1.807, 2.05) is 4.72 Å². The van der Waals surface area contributed by atoms with E-state index in [-0.39, 0.29) is 17.1 Å². The van der Waals surface area contributed by atoms with E-state index in [1.165, 1.54) is 6.92 Å². The molecule has 0 aromatic heterocycles. The molecule has 2 rings (SSSR count). The van der Waals surface area contributed by atoms with Crippen molar-refractivity contribution in [3.63, 3.8) is 0 Å². The average Bonchev–Trinajstić information content (AvgIpc) is 2.47. The molecule has 2 atom stereocenters. The van der Waals surface area contributed by atoms with E-state index in [4.69, 9.17) is 0 Å². The number of hydrogen-bond donors (Lipinski definition) is 2. The van der Waals surface area contributed by atoms with E-state index in [2.05, 4.69) is 0 Å². The van der Waals surface area contributed by atoms with Crippen LogP contribution in [0, 0.1) is 11.7 Å². The van der Waals surface area contributed by atoms with Crippen LogP contribution in [-0.4, -0.2) is 51.1 Å². The van der Waals surface area contributed by atoms with Gasteiger partial charge in [-0.25, -0.2) is 21.2 Å². The maximum atomic E-state index is 14.1. The summed E-state index contributed by atoms with van der Waals surface area (Å²) < 4.78 is 64.9. The summed E-state index contributed by atoms with van der Waals surface area (Å²) in [5.41, 5.74) is -0.364. The van der Waals surface area contributed by atoms with Crippen LogP contribution in [0.25, 0.3) is 0 Å². The number of nitrogens with one attached hydrogen (secondary N) is 1. The van der Waals surface area contributed by atoms with Crippen molar-refractivity contribution in [2.24, 2.45) is 5.92 Å². The van der Waals surface area contributed by atoms with Gasteiger partial charge in [0, 0.05) is 12.6 Å². The number of aliphatic carboxylic acids is 1. The number of benzene rings is 1. The van der Waals surface area contributed by atoms with E-state index in [0.29, 0.717) is 12.8 Å². The van der Waals surface area contributed by atoms with Gasteiger partial charge in [0.05, 0.1) is 22.8 Å². The molecule has 0 spiro atoms. The van der Waals surface area contributed by atoms with Crippen molar-refractivity contribution in [3.05, 3.63) is 24.0 Å². The molecule has 1 fully saturated rings. The van der Waals surface area contributed by atoms with Gasteiger partial charge >= 0.3 is 5.97 Å². The lowest BCUT2D eigenvalue weighted by Gasteiger charge is -2.36. The molecule has 0 radical (unpaired) electrons. The van der Waals surface area contributed by atoms with Crippen molar-refractivity contribution >= 4 is 31.7 Å². The second-order valence-corrected chi connectivity index (χ2v) is 9.60. The second-order valence-electron chi connectivity index (χ2n) is 5.96. The molecular weight excluding hydrogens is 375 g/mol. The van der Waals surface area contributed by atoms with Gasteiger partial charge in [0.1, 0.15) is 5.82 Å². The summed E-state index contributed by atoms with van der Waals surface area (Å²) >= 11 is 0. The van der Waals surface area contributed by atoms with Crippen LogP contribution in [0.5, 0.6) is 0 Å². The van der Waals surface area contributed by atoms with Crippen LogP contribution < -0.4 is 4.72 Å². The molecule has 1 saturated heterocycles. The van der Waals surface area contributed by atoms with Crippen LogP contribution in [0.2, 0.25) is 0 Å². The first-order valence-corrected chi connectivity index (χ1v) is 10.8. The van der Waals surface area contributed by atoms with Crippen molar-refractivity contribution < 1.29 is 31.1 Å². The molecule has 1 aromatic carbocycles. The number of piperidine rings is 1. The normalized spacial score (nSPS) is 22.5. The molecule has 0 amide bonds. The second kappa shape index (κ2) is 6.89. The molecule has 0 bridgehead atoms. The molecule has 1 aliphatic heterocycles. The molecule has 0 aliphatic carbocycles. The Hall–Kier alpha value is -1.72. The third kappa shape index (κ3) is 4.28. The third-order valence-corrected chi connectivity index (χ3v) is 6.66. The van der Waals surface area contributed by atoms with Gasteiger partial charge in [-0.2, -0.15) is 4.31 Å². The molecule has 25 heavy (non-hydrogen) atoms. The summed E-state index contributed by atoms with van der Waals surface area (Å²) in [6.07, 6.45) is 1.60. The number of carboxylic acids is 1. The number of nitrogens with zero attached hydrogens (tertiary/aromatic N) is 1. The predicted molar refractivity (Wildman–Crippen MR) is 88.6 cm³/mol. The van der Waals surface area contributed by atoms with E-state index >= 15 is 0 Å². The van der Waals surface area contributed by atoms with Crippen LogP contribution >= 0.6 is 0 Å². The number of anilines is 1. The van der Waals surface area contributed by atoms with Gasteiger partial charge < -0.3 is 5.11 Å². The van der Waals surface area contributed by atoms with Gasteiger partial charge in [-0.15, -0.1) is 0 Å². The molecule has 8 nitrogen and oxygen atoms in total. The third-order valence-electron chi connectivity index (χ3n) is 4.09. The Morgan fingerprint density at radius 1 is 1.32 bits per heavy atom. The highest BCUT2D eigenvalue weighted by atomic mass is 32.2. The predicted octanol–water partition coefficient (Wildman–Crippen LogP) is 1.07. The zero-order valence-electron chi connectivity index (χ0n) is 13.6. The highest BCUT2D eigenvalue weighted by Crippen LogP contribution is 2.30. The summed E-state index contributed by atoms with van der Waals surface area (Å²) in [4.78, 5) is 10.9. The van der Waals surface area contributed by atoms with Crippen molar-refractivity contribution in [2.75, 3.05) is 17.5 Å². The molecule has 140 valence electrons. The van der Waals surface area contributed by atoms with Gasteiger partial charge in [-0.3, -0.25) is 9.52 Å². The highest BCUT2D eigenvalue weighted by Gasteiger charge is 2.39. The number of hydrogen-bond acceptors (Lipinski definition) is 5. The fraction of sp³-hybridized carbons (Fsp3) is 0.500. The maximum Gasteiger partial charge on any atom is 0.308 e. The fourth-order valence-corrected chi connectivity index (χ4v) is 5.14. The smallest absolute Gasteiger partial charge is 0.308 e. The van der Waals surface area contributed by atoms with E-state index in [9.17, 15) is 31.1 Å². The van der Waals surface area contributed by atoms with Crippen LogP contribution in [0.3, 0.4) is 0 Å². The van der Waals surface area contributed by atoms with Gasteiger partial charge in [-0.05, 0) is 38.0 Å². The molecule has 11 heteroatoms. The van der Waals surface area contributed by atoms with Gasteiger partial charge in [0.15, 0.2) is 0 Å². The van der Waals surface area contributed by atoms with Crippen LogP contribution in [0.4, 0.5) is 10.1 Å². The lowest BCUT2D eigenvalue weighted by Crippen LogP contribution is -2.49. The zero-order valence-corrected chi connectivity index (χ0v) is 15.3. The Labute approximate surface area is 145 Å². The maximum absolute atomic E-state index is 14.1. The van der Waals surface area contributed by atoms with Gasteiger partial charge in [-0.1, -0.05) is 0 Å². The summed E-state index contributed by atoms with van der Waals surface area (Å²) in [6, 6.07) is 2.06. The lowest BCUT2D eigenvalue weighted by atomic mass is 9.92. The van der Waals surface area contributed by atoms with Crippen molar-refractivity contribution in [2.45, 2.75) is 30.7 Å². The minimum Gasteiger partial charge on any atom is -0.481 e. The first kappa shape index (κ1) is 19.6. The van der Waals surface area contributed by atoms with E-state index < -0.39 is 43.8 Å². The quantitative estimate of drug-likeness (QED) is 0.771. The first-order chi connectivity index (χ1) is 11.4. The van der Waals surface area contributed by atoms with Gasteiger partial charge in [0.25, 0.3) is 0 Å². The molecule has 0 unspecified atom stereocenters. The summed E-state index contributed by atoms with van der Waals surface area (Å²) in [5.74, 6) is -2.95. The standard InChI is InChI=1S/C14H19FN2O6S2/c1-9-11(14(18)19)4-3-7-17(9)25(22,23)10-5-6-13(12(15)8-10)16-24(2,20)21/h5-6,8-9,11,16H,3-4,7H2,1-2H3,(H,18,19)/t9-,11-/m1/s1. The van der Waals surface area contributed by atoms with Gasteiger partial charge in [0.2, 0.25) is 20.0 Å². The Kier molecular flexibility index (Phi) is 5.40. The number of carbonyl (C=O) groups is 1. The number of carboxylic acid groups (broad SMARTS) is 1. The SMILES string of the molecule is C[C@@H]1[C@H](C(=O)O)CCCN1S(=O)(=O)c1ccc(NS(C)(=O)=O)c(F)c1. The Balaban J connectivity index is 2.36. The first-order valence-electron chi connectivity index (χ1n) is 7.45. The Morgan fingerprint density at radius 2 is 1.96 bits per heavy atom. The number of halogens is 1. The van der Waals surface area contributed by atoms with Crippen LogP contribution in [-0.2, 0) is 24.8 Å². The minimum atomic E-state index is -4.11. The Morgan fingerprint density at radius 3 is 2.48 bits per heavy atom. The van der Waals surface area contributed by atoms with E-state index in [0.717, 1.165) is 28.8 Å². The topological polar surface area (TPSA) is 121 Å². The summed E-state index contributed by atoms with van der Waals surface area (Å²) in [5, 5.41) is 9.20. The number of rotatable bonds is 5.